The molecular formula is C15H22F3IN4O3S. The van der Waals surface area contributed by atoms with Gasteiger partial charge in [-0.05, 0) is 19.4 Å². The number of guanidine groups is 1. The zero-order valence-electron chi connectivity index (χ0n) is 14.6. The molecule has 1 aliphatic rings. The Kier molecular flexibility index (Phi) is 9.05. The molecule has 1 aromatic heterocycles. The van der Waals surface area contributed by atoms with Gasteiger partial charge >= 0.3 is 6.18 Å². The normalized spacial score (nSPS) is 19.3. The van der Waals surface area contributed by atoms with Crippen LogP contribution in [0.3, 0.4) is 0 Å². The number of ether oxygens (including phenoxy) is 1. The van der Waals surface area contributed by atoms with Gasteiger partial charge in [-0.2, -0.15) is 13.2 Å². The van der Waals surface area contributed by atoms with Crippen LogP contribution < -0.4 is 15.4 Å². The van der Waals surface area contributed by atoms with Gasteiger partial charge in [-0.3, -0.25) is 0 Å². The van der Waals surface area contributed by atoms with Crippen LogP contribution in [-0.2, 0) is 16.0 Å². The number of nitrogens with one attached hydrogen (secondary N) is 2. The molecule has 0 saturated carbocycles. The standard InChI is InChI=1S/C15H21F3N4O3S.HI/c1-2-19-14(22-12-5-8-26(23,24)10-12)20-6-7-25-13-4-3-11(9-21-13)15(16,17)18;/h3-4,9,12H,2,5-8,10H2,1H3,(H2,19,20,22);1H. The first kappa shape index (κ1) is 23.7. The van der Waals surface area contributed by atoms with E-state index in [0.29, 0.717) is 25.1 Å². The van der Waals surface area contributed by atoms with Crippen LogP contribution in [0.4, 0.5) is 13.2 Å². The predicted molar refractivity (Wildman–Crippen MR) is 106 cm³/mol. The van der Waals surface area contributed by atoms with E-state index in [1.807, 2.05) is 6.92 Å². The first-order chi connectivity index (χ1) is 12.2. The Bertz CT molecular complexity index is 727. The van der Waals surface area contributed by atoms with Crippen LogP contribution in [0, 0.1) is 0 Å². The van der Waals surface area contributed by atoms with Gasteiger partial charge < -0.3 is 15.4 Å². The number of aliphatic imine (C=N–C) groups is 1. The van der Waals surface area contributed by atoms with Gasteiger partial charge in [0.1, 0.15) is 6.61 Å². The second-order valence-electron chi connectivity index (χ2n) is 5.74. The summed E-state index contributed by atoms with van der Waals surface area (Å²) in [4.78, 5) is 7.87. The van der Waals surface area contributed by atoms with Crippen LogP contribution in [0.15, 0.2) is 23.3 Å². The van der Waals surface area contributed by atoms with Gasteiger partial charge in [0, 0.05) is 24.8 Å². The quantitative estimate of drug-likeness (QED) is 0.257. The lowest BCUT2D eigenvalue weighted by molar-refractivity contribution is -0.137. The molecule has 0 aromatic carbocycles. The lowest BCUT2D eigenvalue weighted by Gasteiger charge is -2.15. The van der Waals surface area contributed by atoms with E-state index >= 15 is 0 Å². The summed E-state index contributed by atoms with van der Waals surface area (Å²) in [5, 5.41) is 6.07. The second-order valence-corrected chi connectivity index (χ2v) is 7.97. The van der Waals surface area contributed by atoms with Crippen LogP contribution in [0.5, 0.6) is 5.88 Å². The Morgan fingerprint density at radius 1 is 1.41 bits per heavy atom. The third kappa shape index (κ3) is 8.07. The van der Waals surface area contributed by atoms with Crippen molar-refractivity contribution in [2.75, 3.05) is 31.2 Å². The third-order valence-corrected chi connectivity index (χ3v) is 5.36. The van der Waals surface area contributed by atoms with Crippen molar-refractivity contribution >= 4 is 39.8 Å². The topological polar surface area (TPSA) is 92.7 Å². The molecule has 1 aliphatic heterocycles. The first-order valence-electron chi connectivity index (χ1n) is 8.11. The Balaban J connectivity index is 0.00000364. The van der Waals surface area contributed by atoms with Crippen molar-refractivity contribution in [2.45, 2.75) is 25.6 Å². The van der Waals surface area contributed by atoms with Crippen LogP contribution >= 0.6 is 24.0 Å². The SMILES string of the molecule is CCNC(=NCCOc1ccc(C(F)(F)F)cn1)NC1CCS(=O)(=O)C1.I. The fraction of sp³-hybridized carbons (Fsp3) is 0.600. The summed E-state index contributed by atoms with van der Waals surface area (Å²) in [5.74, 6) is 0.780. The minimum absolute atomic E-state index is 0. The predicted octanol–water partition coefficient (Wildman–Crippen LogP) is 1.84. The maximum Gasteiger partial charge on any atom is 0.417 e. The maximum atomic E-state index is 12.5. The van der Waals surface area contributed by atoms with Crippen molar-refractivity contribution in [1.82, 2.24) is 15.6 Å². The number of aromatic nitrogens is 1. The van der Waals surface area contributed by atoms with Crippen LogP contribution in [0.1, 0.15) is 18.9 Å². The Morgan fingerprint density at radius 3 is 2.67 bits per heavy atom. The minimum Gasteiger partial charge on any atom is -0.476 e. The highest BCUT2D eigenvalue weighted by Gasteiger charge is 2.30. The molecule has 0 amide bonds. The van der Waals surface area contributed by atoms with Gasteiger partial charge in [-0.25, -0.2) is 18.4 Å². The molecule has 0 bridgehead atoms. The van der Waals surface area contributed by atoms with Crippen molar-refractivity contribution in [3.8, 4) is 5.88 Å². The molecule has 12 heteroatoms. The average Bonchev–Trinajstić information content (AvgIpc) is 2.90. The summed E-state index contributed by atoms with van der Waals surface area (Å²) >= 11 is 0. The van der Waals surface area contributed by atoms with E-state index in [1.165, 1.54) is 0 Å². The maximum absolute atomic E-state index is 12.5. The highest BCUT2D eigenvalue weighted by Crippen LogP contribution is 2.29. The van der Waals surface area contributed by atoms with E-state index in [2.05, 4.69) is 20.6 Å². The Labute approximate surface area is 173 Å². The molecule has 7 nitrogen and oxygen atoms in total. The molecule has 1 fully saturated rings. The monoisotopic (exact) mass is 522 g/mol. The van der Waals surface area contributed by atoms with Crippen LogP contribution in [0.2, 0.25) is 0 Å². The summed E-state index contributed by atoms with van der Waals surface area (Å²) in [6.45, 7) is 2.84. The number of nitrogens with zero attached hydrogens (tertiary/aromatic N) is 2. The lowest BCUT2D eigenvalue weighted by Crippen LogP contribution is -2.44. The number of hydrogen-bond acceptors (Lipinski definition) is 5. The highest BCUT2D eigenvalue weighted by atomic mass is 127. The summed E-state index contributed by atoms with van der Waals surface area (Å²) < 4.78 is 65.6. The number of halogens is 4. The smallest absolute Gasteiger partial charge is 0.417 e. The van der Waals surface area contributed by atoms with E-state index < -0.39 is 21.6 Å². The molecule has 2 N–H and O–H groups in total. The zero-order valence-corrected chi connectivity index (χ0v) is 17.8. The molecule has 0 spiro atoms. The van der Waals surface area contributed by atoms with Crippen LogP contribution in [-0.4, -0.2) is 56.6 Å². The molecule has 1 aromatic rings. The molecule has 1 atom stereocenters. The van der Waals surface area contributed by atoms with E-state index in [0.717, 1.165) is 12.1 Å². The number of hydrogen-bond donors (Lipinski definition) is 2. The van der Waals surface area contributed by atoms with E-state index in [1.54, 1.807) is 0 Å². The Hall–Kier alpha value is -1.31. The van der Waals surface area contributed by atoms with Crippen LogP contribution in [0.25, 0.3) is 0 Å². The molecule has 0 aliphatic carbocycles. The number of pyridine rings is 1. The molecule has 27 heavy (non-hydrogen) atoms. The van der Waals surface area contributed by atoms with Gasteiger partial charge in [0.15, 0.2) is 15.8 Å². The van der Waals surface area contributed by atoms with Gasteiger partial charge in [0.2, 0.25) is 5.88 Å². The van der Waals surface area contributed by atoms with Crippen molar-refractivity contribution in [2.24, 2.45) is 4.99 Å². The van der Waals surface area contributed by atoms with E-state index in [9.17, 15) is 21.6 Å². The Morgan fingerprint density at radius 2 is 2.15 bits per heavy atom. The van der Waals surface area contributed by atoms with Gasteiger partial charge in [-0.1, -0.05) is 0 Å². The third-order valence-electron chi connectivity index (χ3n) is 3.59. The highest BCUT2D eigenvalue weighted by molar-refractivity contribution is 14.0. The van der Waals surface area contributed by atoms with E-state index in [4.69, 9.17) is 4.74 Å². The molecular weight excluding hydrogens is 500 g/mol. The summed E-state index contributed by atoms with van der Waals surface area (Å²) in [6.07, 6.45) is -3.20. The molecule has 1 unspecified atom stereocenters. The summed E-state index contributed by atoms with van der Waals surface area (Å²) in [7, 11) is -2.99. The molecule has 2 rings (SSSR count). The fourth-order valence-corrected chi connectivity index (χ4v) is 4.04. The van der Waals surface area contributed by atoms with Crippen molar-refractivity contribution in [3.63, 3.8) is 0 Å². The molecule has 0 radical (unpaired) electrons. The van der Waals surface area contributed by atoms with Crippen molar-refractivity contribution in [3.05, 3.63) is 23.9 Å². The van der Waals surface area contributed by atoms with Gasteiger partial charge in [0.05, 0.1) is 23.6 Å². The summed E-state index contributed by atoms with van der Waals surface area (Å²) in [6, 6.07) is 1.87. The minimum atomic E-state index is -4.43. The second kappa shape index (κ2) is 10.3. The zero-order chi connectivity index (χ0) is 19.2. The number of sulfone groups is 1. The number of rotatable bonds is 6. The lowest BCUT2D eigenvalue weighted by atomic mass is 10.3. The molecule has 1 saturated heterocycles. The largest absolute Gasteiger partial charge is 0.476 e. The van der Waals surface area contributed by atoms with E-state index in [-0.39, 0.29) is 60.6 Å². The summed E-state index contributed by atoms with van der Waals surface area (Å²) in [5.41, 5.74) is -0.840. The van der Waals surface area contributed by atoms with Gasteiger partial charge in [0.25, 0.3) is 0 Å². The molecule has 2 heterocycles. The van der Waals surface area contributed by atoms with Crippen molar-refractivity contribution < 1.29 is 26.3 Å². The number of alkyl halides is 3. The van der Waals surface area contributed by atoms with Crippen molar-refractivity contribution in [1.29, 1.82) is 0 Å². The fourth-order valence-electron chi connectivity index (χ4n) is 2.36. The average molecular weight is 522 g/mol. The first-order valence-corrected chi connectivity index (χ1v) is 9.93. The molecule has 154 valence electrons. The van der Waals surface area contributed by atoms with Gasteiger partial charge in [-0.15, -0.1) is 24.0 Å².